The second-order valence-corrected chi connectivity index (χ2v) is 4.20. The van der Waals surface area contributed by atoms with Crippen molar-refractivity contribution in [3.8, 4) is 0 Å². The maximum absolute atomic E-state index is 10.8. The van der Waals surface area contributed by atoms with Crippen molar-refractivity contribution in [1.82, 2.24) is 0 Å². The van der Waals surface area contributed by atoms with E-state index in [1.54, 1.807) is 19.1 Å². The molecule has 0 saturated carbocycles. The third-order valence-corrected chi connectivity index (χ3v) is 3.02. The highest BCUT2D eigenvalue weighted by Crippen LogP contribution is 2.30. The van der Waals surface area contributed by atoms with Gasteiger partial charge in [0.2, 0.25) is 5.09 Å². The first-order valence-corrected chi connectivity index (χ1v) is 5.41. The van der Waals surface area contributed by atoms with Gasteiger partial charge in [-0.05, 0) is 30.8 Å². The molecule has 1 aromatic carbocycles. The van der Waals surface area contributed by atoms with Crippen molar-refractivity contribution in [3.63, 3.8) is 0 Å². The second kappa shape index (κ2) is 4.46. The zero-order valence-corrected chi connectivity index (χ0v) is 9.52. The number of hydrogen-bond donors (Lipinski definition) is 0. The Hall–Kier alpha value is -2.02. The number of nitro groups is 1. The molecule has 1 heterocycles. The van der Waals surface area contributed by atoms with E-state index in [1.807, 2.05) is 0 Å². The highest BCUT2D eigenvalue weighted by Gasteiger charge is 2.11. The lowest BCUT2D eigenvalue weighted by Crippen LogP contribution is -1.86. The molecular formula is C10H7NO5S. The number of aryl methyl sites for hydroxylation is 1. The summed E-state index contributed by atoms with van der Waals surface area (Å²) in [6.45, 7) is 1.61. The van der Waals surface area contributed by atoms with Gasteiger partial charge < -0.3 is 8.83 Å². The van der Waals surface area contributed by atoms with Crippen molar-refractivity contribution in [2.45, 2.75) is 16.9 Å². The molecule has 88 valence electrons. The highest BCUT2D eigenvalue weighted by atomic mass is 32.2. The monoisotopic (exact) mass is 253 g/mol. The van der Waals surface area contributed by atoms with Gasteiger partial charge >= 0.3 is 5.82 Å². The molecule has 1 aromatic heterocycles. The topological polar surface area (TPSA) is 86.5 Å². The van der Waals surface area contributed by atoms with Crippen LogP contribution in [0.5, 0.6) is 0 Å². The summed E-state index contributed by atoms with van der Waals surface area (Å²) < 4.78 is 9.50. The molecule has 2 aromatic rings. The largest absolute Gasteiger partial charge is 0.519 e. The molecule has 0 radical (unpaired) electrons. The van der Waals surface area contributed by atoms with Gasteiger partial charge in [-0.3, -0.25) is 10.1 Å². The van der Waals surface area contributed by atoms with E-state index in [-0.39, 0.29) is 5.69 Å². The maximum Gasteiger partial charge on any atom is 0.519 e. The lowest BCUT2D eigenvalue weighted by Gasteiger charge is -1.97. The Kier molecular flexibility index (Phi) is 3.01. The molecule has 6 nitrogen and oxygen atoms in total. The van der Waals surface area contributed by atoms with Crippen LogP contribution in [-0.4, -0.2) is 4.92 Å². The number of rotatable bonds is 3. The zero-order valence-electron chi connectivity index (χ0n) is 8.71. The van der Waals surface area contributed by atoms with Crippen LogP contribution in [-0.2, 0) is 0 Å². The van der Waals surface area contributed by atoms with Crippen molar-refractivity contribution in [3.05, 3.63) is 50.8 Å². The van der Waals surface area contributed by atoms with E-state index in [4.69, 9.17) is 8.83 Å². The number of non-ortho nitro benzene ring substituents is 1. The lowest BCUT2D eigenvalue weighted by atomic mass is 10.3. The Labute approximate surface area is 99.4 Å². The molecule has 0 aliphatic heterocycles. The summed E-state index contributed by atoms with van der Waals surface area (Å²) in [5.41, 5.74) is 0.0136. The molecule has 0 saturated heterocycles. The molecule has 0 N–H and O–H groups in total. The smallest absolute Gasteiger partial charge is 0.395 e. The first kappa shape index (κ1) is 11.5. The van der Waals surface area contributed by atoms with E-state index < -0.39 is 10.7 Å². The summed E-state index contributed by atoms with van der Waals surface area (Å²) >= 11 is 1.17. The first-order chi connectivity index (χ1) is 8.06. The third kappa shape index (κ3) is 2.56. The molecule has 0 atom stereocenters. The Morgan fingerprint density at radius 1 is 1.24 bits per heavy atom. The van der Waals surface area contributed by atoms with Gasteiger partial charge in [-0.25, -0.2) is 4.79 Å². The van der Waals surface area contributed by atoms with Crippen LogP contribution >= 0.6 is 11.8 Å². The molecule has 0 unspecified atom stereocenters. The molecule has 0 aliphatic rings. The maximum atomic E-state index is 10.8. The van der Waals surface area contributed by atoms with Crippen molar-refractivity contribution in [2.24, 2.45) is 0 Å². The predicted molar refractivity (Wildman–Crippen MR) is 59.2 cm³/mol. The summed E-state index contributed by atoms with van der Waals surface area (Å²) in [4.78, 5) is 21.5. The van der Waals surface area contributed by atoms with E-state index in [0.29, 0.717) is 10.9 Å². The van der Waals surface area contributed by atoms with Crippen LogP contribution in [0, 0.1) is 17.0 Å². The summed E-state index contributed by atoms with van der Waals surface area (Å²) in [6.07, 6.45) is 0. The number of hydrogen-bond acceptors (Lipinski definition) is 6. The van der Waals surface area contributed by atoms with E-state index in [1.165, 1.54) is 23.9 Å². The van der Waals surface area contributed by atoms with Gasteiger partial charge in [-0.1, -0.05) is 0 Å². The third-order valence-electron chi connectivity index (χ3n) is 1.96. The average Bonchev–Trinajstić information content (AvgIpc) is 2.58. The van der Waals surface area contributed by atoms with Crippen LogP contribution in [0.2, 0.25) is 0 Å². The van der Waals surface area contributed by atoms with E-state index >= 15 is 0 Å². The molecule has 0 spiro atoms. The molecule has 7 heteroatoms. The summed E-state index contributed by atoms with van der Waals surface area (Å²) in [5.74, 6) is -0.370. The number of nitro benzene ring substituents is 1. The lowest BCUT2D eigenvalue weighted by molar-refractivity contribution is -0.384. The predicted octanol–water partition coefficient (Wildman–Crippen LogP) is 2.60. The van der Waals surface area contributed by atoms with Crippen molar-refractivity contribution in [1.29, 1.82) is 0 Å². The van der Waals surface area contributed by atoms with Crippen LogP contribution in [0.3, 0.4) is 0 Å². The summed E-state index contributed by atoms with van der Waals surface area (Å²) in [7, 11) is 0. The van der Waals surface area contributed by atoms with Crippen molar-refractivity contribution >= 4 is 17.4 Å². The summed E-state index contributed by atoms with van der Waals surface area (Å²) in [6, 6.07) is 5.93. The SMILES string of the molecule is Cc1oc(=O)oc1Sc1ccc([N+](=O)[O-])cc1. The minimum atomic E-state index is -0.757. The van der Waals surface area contributed by atoms with E-state index in [0.717, 1.165) is 4.90 Å². The van der Waals surface area contributed by atoms with Crippen LogP contribution in [0.15, 0.2) is 47.9 Å². The molecule has 0 amide bonds. The molecule has 17 heavy (non-hydrogen) atoms. The molecule has 2 rings (SSSR count). The fourth-order valence-electron chi connectivity index (χ4n) is 1.17. The van der Waals surface area contributed by atoms with Gasteiger partial charge in [0.25, 0.3) is 5.69 Å². The van der Waals surface area contributed by atoms with Gasteiger partial charge in [-0.2, -0.15) is 0 Å². The Morgan fingerprint density at radius 2 is 1.88 bits per heavy atom. The zero-order chi connectivity index (χ0) is 12.4. The van der Waals surface area contributed by atoms with Gasteiger partial charge in [0.05, 0.1) is 4.92 Å². The van der Waals surface area contributed by atoms with Crippen LogP contribution < -0.4 is 5.82 Å². The highest BCUT2D eigenvalue weighted by molar-refractivity contribution is 7.99. The van der Waals surface area contributed by atoms with Crippen LogP contribution in [0.1, 0.15) is 5.76 Å². The Bertz CT molecular complexity index is 598. The minimum absolute atomic E-state index is 0.0136. The average molecular weight is 253 g/mol. The van der Waals surface area contributed by atoms with Crippen LogP contribution in [0.4, 0.5) is 5.69 Å². The fraction of sp³-hybridized carbons (Fsp3) is 0.100. The minimum Gasteiger partial charge on any atom is -0.395 e. The van der Waals surface area contributed by atoms with Crippen molar-refractivity contribution < 1.29 is 13.8 Å². The van der Waals surface area contributed by atoms with Crippen LogP contribution in [0.25, 0.3) is 0 Å². The van der Waals surface area contributed by atoms with Gasteiger partial charge in [-0.15, -0.1) is 0 Å². The van der Waals surface area contributed by atoms with Gasteiger partial charge in [0.15, 0.2) is 5.76 Å². The number of benzene rings is 1. The Morgan fingerprint density at radius 3 is 2.35 bits per heavy atom. The molecule has 0 aliphatic carbocycles. The second-order valence-electron chi connectivity index (χ2n) is 3.15. The quantitative estimate of drug-likeness (QED) is 0.617. The normalized spacial score (nSPS) is 10.4. The molecule has 0 bridgehead atoms. The van der Waals surface area contributed by atoms with Crippen molar-refractivity contribution in [2.75, 3.05) is 0 Å². The fourth-order valence-corrected chi connectivity index (χ4v) is 1.95. The molecule has 0 fully saturated rings. The standard InChI is InChI=1S/C10H7NO5S/c1-6-9(16-10(12)15-6)17-8-4-2-7(3-5-8)11(13)14/h2-5H,1H3. The van der Waals surface area contributed by atoms with Gasteiger partial charge in [0, 0.05) is 17.0 Å². The number of nitrogens with zero attached hydrogens (tertiary/aromatic N) is 1. The first-order valence-electron chi connectivity index (χ1n) is 4.59. The Balaban J connectivity index is 2.22. The van der Waals surface area contributed by atoms with E-state index in [2.05, 4.69) is 0 Å². The van der Waals surface area contributed by atoms with Gasteiger partial charge in [0.1, 0.15) is 0 Å². The molecular weight excluding hydrogens is 246 g/mol. The summed E-state index contributed by atoms with van der Waals surface area (Å²) in [5, 5.41) is 10.8. The van der Waals surface area contributed by atoms with E-state index in [9.17, 15) is 14.9 Å².